The van der Waals surface area contributed by atoms with E-state index in [1.54, 1.807) is 13.2 Å². The van der Waals surface area contributed by atoms with Gasteiger partial charge in [-0.3, -0.25) is 0 Å². The summed E-state index contributed by atoms with van der Waals surface area (Å²) in [6.07, 6.45) is 3.00. The van der Waals surface area contributed by atoms with Crippen molar-refractivity contribution in [3.8, 4) is 17.4 Å². The number of nitrogens with zero attached hydrogens (tertiary/aromatic N) is 4. The number of ether oxygens (including phenoxy) is 1. The van der Waals surface area contributed by atoms with Gasteiger partial charge in [0.25, 0.3) is 0 Å². The van der Waals surface area contributed by atoms with Gasteiger partial charge in [0, 0.05) is 24.4 Å². The standard InChI is InChI=1S/C15H21N5O/c1-4-6-11-10-13(16-9-5-2)18-15(17-11)12-7-8-14(21-3)20-19-12/h7-8,10H,4-6,9H2,1-3H3,(H,16,17,18). The molecule has 0 aliphatic rings. The van der Waals surface area contributed by atoms with Gasteiger partial charge in [0.1, 0.15) is 11.5 Å². The molecule has 21 heavy (non-hydrogen) atoms. The van der Waals surface area contributed by atoms with Gasteiger partial charge >= 0.3 is 0 Å². The Morgan fingerprint density at radius 3 is 2.57 bits per heavy atom. The average molecular weight is 287 g/mol. The van der Waals surface area contributed by atoms with E-state index >= 15 is 0 Å². The van der Waals surface area contributed by atoms with Crippen molar-refractivity contribution in [1.29, 1.82) is 0 Å². The van der Waals surface area contributed by atoms with Crippen molar-refractivity contribution in [3.63, 3.8) is 0 Å². The molecule has 0 unspecified atom stereocenters. The first-order valence-electron chi connectivity index (χ1n) is 7.26. The molecule has 112 valence electrons. The summed E-state index contributed by atoms with van der Waals surface area (Å²) in [5, 5.41) is 11.4. The van der Waals surface area contributed by atoms with Gasteiger partial charge in [-0.2, -0.15) is 0 Å². The number of hydrogen-bond donors (Lipinski definition) is 1. The van der Waals surface area contributed by atoms with Crippen molar-refractivity contribution in [2.24, 2.45) is 0 Å². The minimum absolute atomic E-state index is 0.479. The lowest BCUT2D eigenvalue weighted by atomic mass is 10.2. The Hall–Kier alpha value is -2.24. The van der Waals surface area contributed by atoms with Crippen molar-refractivity contribution >= 4 is 5.82 Å². The summed E-state index contributed by atoms with van der Waals surface area (Å²) >= 11 is 0. The largest absolute Gasteiger partial charge is 0.480 e. The fourth-order valence-corrected chi connectivity index (χ4v) is 1.89. The maximum Gasteiger partial charge on any atom is 0.233 e. The van der Waals surface area contributed by atoms with Crippen LogP contribution < -0.4 is 10.1 Å². The van der Waals surface area contributed by atoms with Crippen LogP contribution in [0.2, 0.25) is 0 Å². The molecule has 2 rings (SSSR count). The van der Waals surface area contributed by atoms with Gasteiger partial charge in [0.15, 0.2) is 5.82 Å². The van der Waals surface area contributed by atoms with Crippen LogP contribution in [0.1, 0.15) is 32.4 Å². The molecule has 0 aliphatic carbocycles. The van der Waals surface area contributed by atoms with Crippen LogP contribution in [-0.2, 0) is 6.42 Å². The van der Waals surface area contributed by atoms with E-state index in [2.05, 4.69) is 39.3 Å². The molecule has 1 N–H and O–H groups in total. The highest BCUT2D eigenvalue weighted by Gasteiger charge is 2.09. The van der Waals surface area contributed by atoms with Gasteiger partial charge in [-0.1, -0.05) is 20.3 Å². The fraction of sp³-hybridized carbons (Fsp3) is 0.467. The van der Waals surface area contributed by atoms with E-state index in [9.17, 15) is 0 Å². The van der Waals surface area contributed by atoms with E-state index < -0.39 is 0 Å². The highest BCUT2D eigenvalue weighted by Crippen LogP contribution is 2.17. The molecule has 0 aromatic carbocycles. The summed E-state index contributed by atoms with van der Waals surface area (Å²) in [7, 11) is 1.56. The molecular weight excluding hydrogens is 266 g/mol. The maximum absolute atomic E-state index is 5.02. The zero-order chi connectivity index (χ0) is 15.1. The van der Waals surface area contributed by atoms with E-state index in [4.69, 9.17) is 4.74 Å². The fourth-order valence-electron chi connectivity index (χ4n) is 1.89. The lowest BCUT2D eigenvalue weighted by Gasteiger charge is -2.08. The van der Waals surface area contributed by atoms with Crippen molar-refractivity contribution in [3.05, 3.63) is 23.9 Å². The molecule has 0 spiro atoms. The van der Waals surface area contributed by atoms with Gasteiger partial charge in [-0.25, -0.2) is 9.97 Å². The molecule has 6 nitrogen and oxygen atoms in total. The van der Waals surface area contributed by atoms with Gasteiger partial charge in [-0.15, -0.1) is 10.2 Å². The van der Waals surface area contributed by atoms with E-state index in [0.717, 1.165) is 37.3 Å². The highest BCUT2D eigenvalue weighted by molar-refractivity contribution is 5.52. The molecule has 0 saturated heterocycles. The average Bonchev–Trinajstić information content (AvgIpc) is 2.53. The van der Waals surface area contributed by atoms with Gasteiger partial charge in [0.05, 0.1) is 7.11 Å². The second-order valence-electron chi connectivity index (χ2n) is 4.71. The van der Waals surface area contributed by atoms with Crippen molar-refractivity contribution in [2.45, 2.75) is 33.1 Å². The van der Waals surface area contributed by atoms with Crippen LogP contribution in [-0.4, -0.2) is 33.8 Å². The van der Waals surface area contributed by atoms with E-state index in [1.165, 1.54) is 0 Å². The Balaban J connectivity index is 2.32. The van der Waals surface area contributed by atoms with Crippen LogP contribution in [0.4, 0.5) is 5.82 Å². The molecule has 0 bridgehead atoms. The number of anilines is 1. The number of aromatic nitrogens is 4. The van der Waals surface area contributed by atoms with E-state index in [1.807, 2.05) is 12.1 Å². The molecule has 0 saturated carbocycles. The zero-order valence-corrected chi connectivity index (χ0v) is 12.8. The van der Waals surface area contributed by atoms with E-state index in [0.29, 0.717) is 17.4 Å². The lowest BCUT2D eigenvalue weighted by Crippen LogP contribution is -2.06. The smallest absolute Gasteiger partial charge is 0.233 e. The van der Waals surface area contributed by atoms with Gasteiger partial charge in [-0.05, 0) is 18.9 Å². The molecule has 6 heteroatoms. The second-order valence-corrected chi connectivity index (χ2v) is 4.71. The van der Waals surface area contributed by atoms with Crippen LogP contribution in [0.3, 0.4) is 0 Å². The van der Waals surface area contributed by atoms with Crippen molar-refractivity contribution < 1.29 is 4.74 Å². The third-order valence-corrected chi connectivity index (χ3v) is 2.92. The summed E-state index contributed by atoms with van der Waals surface area (Å²) in [6, 6.07) is 5.58. The van der Waals surface area contributed by atoms with Gasteiger partial charge in [0.2, 0.25) is 5.88 Å². The lowest BCUT2D eigenvalue weighted by molar-refractivity contribution is 0.392. The number of methoxy groups -OCH3 is 1. The maximum atomic E-state index is 5.02. The molecular formula is C15H21N5O. The topological polar surface area (TPSA) is 72.8 Å². The Morgan fingerprint density at radius 1 is 1.10 bits per heavy atom. The van der Waals surface area contributed by atoms with Crippen molar-refractivity contribution in [1.82, 2.24) is 20.2 Å². The molecule has 0 radical (unpaired) electrons. The zero-order valence-electron chi connectivity index (χ0n) is 12.8. The SMILES string of the molecule is CCCNc1cc(CCC)nc(-c2ccc(OC)nn2)n1. The number of rotatable bonds is 7. The highest BCUT2D eigenvalue weighted by atomic mass is 16.5. The molecule has 2 heterocycles. The monoisotopic (exact) mass is 287 g/mol. The normalized spacial score (nSPS) is 10.4. The molecule has 0 amide bonds. The van der Waals surface area contributed by atoms with E-state index in [-0.39, 0.29) is 0 Å². The predicted octanol–water partition coefficient (Wildman–Crippen LogP) is 2.72. The number of nitrogens with one attached hydrogen (secondary N) is 1. The summed E-state index contributed by atoms with van der Waals surface area (Å²) in [5.74, 6) is 1.91. The molecule has 0 atom stereocenters. The third-order valence-electron chi connectivity index (χ3n) is 2.92. The Labute approximate surface area is 125 Å². The Bertz CT molecular complexity index is 571. The number of aryl methyl sites for hydroxylation is 1. The Morgan fingerprint density at radius 2 is 1.95 bits per heavy atom. The molecule has 2 aromatic heterocycles. The predicted molar refractivity (Wildman–Crippen MR) is 82.4 cm³/mol. The second kappa shape index (κ2) is 7.52. The third kappa shape index (κ3) is 4.11. The van der Waals surface area contributed by atoms with Gasteiger partial charge < -0.3 is 10.1 Å². The van der Waals surface area contributed by atoms with Crippen LogP contribution in [0, 0.1) is 0 Å². The van der Waals surface area contributed by atoms with Crippen LogP contribution in [0.15, 0.2) is 18.2 Å². The first-order valence-corrected chi connectivity index (χ1v) is 7.26. The summed E-state index contributed by atoms with van der Waals surface area (Å²) < 4.78 is 5.02. The summed E-state index contributed by atoms with van der Waals surface area (Å²) in [5.41, 5.74) is 1.66. The Kier molecular flexibility index (Phi) is 5.43. The van der Waals surface area contributed by atoms with Crippen LogP contribution in [0.5, 0.6) is 5.88 Å². The summed E-state index contributed by atoms with van der Waals surface area (Å²) in [4.78, 5) is 9.08. The molecule has 2 aromatic rings. The van der Waals surface area contributed by atoms with Crippen molar-refractivity contribution in [2.75, 3.05) is 19.0 Å². The quantitative estimate of drug-likeness (QED) is 0.844. The molecule has 0 aliphatic heterocycles. The number of hydrogen-bond acceptors (Lipinski definition) is 6. The summed E-state index contributed by atoms with van der Waals surface area (Å²) in [6.45, 7) is 5.14. The van der Waals surface area contributed by atoms with Crippen LogP contribution >= 0.6 is 0 Å². The van der Waals surface area contributed by atoms with Crippen LogP contribution in [0.25, 0.3) is 11.5 Å². The first kappa shape index (κ1) is 15.2. The molecule has 0 fully saturated rings. The minimum atomic E-state index is 0.479. The minimum Gasteiger partial charge on any atom is -0.480 e. The first-order chi connectivity index (χ1) is 10.3.